The van der Waals surface area contributed by atoms with Gasteiger partial charge in [-0.05, 0) is 41.7 Å². The van der Waals surface area contributed by atoms with E-state index in [1.165, 1.54) is 6.26 Å². The summed E-state index contributed by atoms with van der Waals surface area (Å²) in [4.78, 5) is 12.2. The van der Waals surface area contributed by atoms with Crippen molar-refractivity contribution in [1.82, 2.24) is 0 Å². The monoisotopic (exact) mass is 300 g/mol. The van der Waals surface area contributed by atoms with Crippen molar-refractivity contribution in [3.8, 4) is 11.1 Å². The standard InChI is InChI=1S/C17H16O3S/c1-21(19,20)15-6-2-4-12(11-15)13-8-9-16-14(10-13)5-3-7-17(16)18/h2,4,6,8-11H,3,5,7H2,1H3. The lowest BCUT2D eigenvalue weighted by atomic mass is 9.88. The van der Waals surface area contributed by atoms with Crippen LogP contribution in [-0.2, 0) is 16.3 Å². The van der Waals surface area contributed by atoms with Crippen LogP contribution in [0, 0.1) is 0 Å². The molecule has 1 aliphatic carbocycles. The molecule has 0 saturated heterocycles. The molecule has 21 heavy (non-hydrogen) atoms. The molecule has 2 aromatic carbocycles. The van der Waals surface area contributed by atoms with Crippen LogP contribution < -0.4 is 0 Å². The Morgan fingerprint density at radius 2 is 1.71 bits per heavy atom. The molecule has 3 nitrogen and oxygen atoms in total. The number of hydrogen-bond acceptors (Lipinski definition) is 3. The second-order valence-electron chi connectivity index (χ2n) is 5.45. The Morgan fingerprint density at radius 1 is 0.952 bits per heavy atom. The minimum atomic E-state index is -3.21. The number of ketones is 1. The van der Waals surface area contributed by atoms with E-state index in [0.717, 1.165) is 35.1 Å². The van der Waals surface area contributed by atoms with Crippen LogP contribution in [-0.4, -0.2) is 20.5 Å². The largest absolute Gasteiger partial charge is 0.294 e. The molecule has 0 unspecified atom stereocenters. The Labute approximate surface area is 124 Å². The molecule has 0 heterocycles. The van der Waals surface area contributed by atoms with Gasteiger partial charge in [0.05, 0.1) is 4.90 Å². The zero-order chi connectivity index (χ0) is 15.0. The maximum atomic E-state index is 11.8. The molecule has 0 N–H and O–H groups in total. The van der Waals surface area contributed by atoms with Crippen LogP contribution in [0.1, 0.15) is 28.8 Å². The third kappa shape index (κ3) is 2.76. The van der Waals surface area contributed by atoms with Gasteiger partial charge in [0.15, 0.2) is 15.6 Å². The first-order valence-corrected chi connectivity index (χ1v) is 8.81. The fraction of sp³-hybridized carbons (Fsp3) is 0.235. The zero-order valence-corrected chi connectivity index (χ0v) is 12.6. The van der Waals surface area contributed by atoms with Crippen LogP contribution in [0.4, 0.5) is 0 Å². The van der Waals surface area contributed by atoms with Gasteiger partial charge in [0.25, 0.3) is 0 Å². The average Bonchev–Trinajstić information content (AvgIpc) is 2.46. The van der Waals surface area contributed by atoms with Gasteiger partial charge in [0, 0.05) is 18.2 Å². The van der Waals surface area contributed by atoms with Crippen molar-refractivity contribution >= 4 is 15.6 Å². The summed E-state index contributed by atoms with van der Waals surface area (Å²) >= 11 is 0. The quantitative estimate of drug-likeness (QED) is 0.855. The lowest BCUT2D eigenvalue weighted by Gasteiger charge is -2.16. The summed E-state index contributed by atoms with van der Waals surface area (Å²) < 4.78 is 23.3. The van der Waals surface area contributed by atoms with Crippen LogP contribution in [0.5, 0.6) is 0 Å². The Bertz CT molecular complexity index is 820. The van der Waals surface area contributed by atoms with Gasteiger partial charge in [-0.1, -0.05) is 30.3 Å². The molecule has 0 amide bonds. The van der Waals surface area contributed by atoms with E-state index in [-0.39, 0.29) is 5.78 Å². The highest BCUT2D eigenvalue weighted by atomic mass is 32.2. The van der Waals surface area contributed by atoms with E-state index >= 15 is 0 Å². The number of aryl methyl sites for hydroxylation is 1. The Hall–Kier alpha value is -1.94. The Balaban J connectivity index is 2.08. The van der Waals surface area contributed by atoms with Crippen LogP contribution in [0.3, 0.4) is 0 Å². The molecule has 0 saturated carbocycles. The van der Waals surface area contributed by atoms with E-state index in [9.17, 15) is 13.2 Å². The highest BCUT2D eigenvalue weighted by Gasteiger charge is 2.17. The van der Waals surface area contributed by atoms with E-state index in [1.807, 2.05) is 24.3 Å². The minimum Gasteiger partial charge on any atom is -0.294 e. The molecule has 0 aromatic heterocycles. The summed E-state index contributed by atoms with van der Waals surface area (Å²) in [5.74, 6) is 0.202. The van der Waals surface area contributed by atoms with Crippen LogP contribution in [0.25, 0.3) is 11.1 Å². The molecule has 1 aliphatic rings. The first-order chi connectivity index (χ1) is 9.95. The van der Waals surface area contributed by atoms with Gasteiger partial charge < -0.3 is 0 Å². The summed E-state index contributed by atoms with van der Waals surface area (Å²) in [5, 5.41) is 0. The van der Waals surface area contributed by atoms with E-state index in [0.29, 0.717) is 11.3 Å². The second-order valence-corrected chi connectivity index (χ2v) is 7.46. The predicted octanol–water partition coefficient (Wildman–Crippen LogP) is 3.28. The van der Waals surface area contributed by atoms with Crippen molar-refractivity contribution in [2.75, 3.05) is 6.26 Å². The van der Waals surface area contributed by atoms with Crippen molar-refractivity contribution in [2.45, 2.75) is 24.2 Å². The van der Waals surface area contributed by atoms with Crippen LogP contribution in [0.2, 0.25) is 0 Å². The maximum Gasteiger partial charge on any atom is 0.175 e. The molecule has 0 fully saturated rings. The number of sulfone groups is 1. The van der Waals surface area contributed by atoms with Crippen molar-refractivity contribution in [3.63, 3.8) is 0 Å². The number of Topliss-reactive ketones (excluding diaryl/α,β-unsaturated/α-hetero) is 1. The molecule has 4 heteroatoms. The van der Waals surface area contributed by atoms with E-state index in [2.05, 4.69) is 0 Å². The summed E-state index contributed by atoms with van der Waals surface area (Å²) in [7, 11) is -3.21. The fourth-order valence-electron chi connectivity index (χ4n) is 2.73. The maximum absolute atomic E-state index is 11.8. The number of benzene rings is 2. The van der Waals surface area contributed by atoms with Gasteiger partial charge >= 0.3 is 0 Å². The molecule has 108 valence electrons. The second kappa shape index (κ2) is 5.11. The van der Waals surface area contributed by atoms with E-state index < -0.39 is 9.84 Å². The van der Waals surface area contributed by atoms with Gasteiger partial charge in [-0.3, -0.25) is 4.79 Å². The highest BCUT2D eigenvalue weighted by Crippen LogP contribution is 2.28. The number of fused-ring (bicyclic) bond motifs is 1. The Kier molecular flexibility index (Phi) is 3.41. The topological polar surface area (TPSA) is 51.2 Å². The molecular weight excluding hydrogens is 284 g/mol. The third-order valence-corrected chi connectivity index (χ3v) is 4.96. The van der Waals surface area contributed by atoms with Crippen LogP contribution in [0.15, 0.2) is 47.4 Å². The van der Waals surface area contributed by atoms with Gasteiger partial charge in [-0.25, -0.2) is 8.42 Å². The number of carbonyl (C=O) groups excluding carboxylic acids is 1. The molecule has 3 rings (SSSR count). The molecular formula is C17H16O3S. The Morgan fingerprint density at radius 3 is 2.48 bits per heavy atom. The van der Waals surface area contributed by atoms with E-state index in [1.54, 1.807) is 18.2 Å². The third-order valence-electron chi connectivity index (χ3n) is 3.85. The molecule has 2 aromatic rings. The van der Waals surface area contributed by atoms with Crippen molar-refractivity contribution in [1.29, 1.82) is 0 Å². The zero-order valence-electron chi connectivity index (χ0n) is 11.8. The van der Waals surface area contributed by atoms with Crippen molar-refractivity contribution in [3.05, 3.63) is 53.6 Å². The smallest absolute Gasteiger partial charge is 0.175 e. The lowest BCUT2D eigenvalue weighted by Crippen LogP contribution is -2.10. The predicted molar refractivity (Wildman–Crippen MR) is 82.3 cm³/mol. The normalized spacial score (nSPS) is 14.8. The fourth-order valence-corrected chi connectivity index (χ4v) is 3.40. The van der Waals surface area contributed by atoms with E-state index in [4.69, 9.17) is 0 Å². The van der Waals surface area contributed by atoms with Gasteiger partial charge in [-0.2, -0.15) is 0 Å². The molecule has 0 radical (unpaired) electrons. The molecule has 0 spiro atoms. The van der Waals surface area contributed by atoms with Gasteiger partial charge in [0.2, 0.25) is 0 Å². The minimum absolute atomic E-state index is 0.202. The number of carbonyl (C=O) groups is 1. The van der Waals surface area contributed by atoms with Crippen molar-refractivity contribution < 1.29 is 13.2 Å². The van der Waals surface area contributed by atoms with Crippen molar-refractivity contribution in [2.24, 2.45) is 0 Å². The van der Waals surface area contributed by atoms with Crippen LogP contribution >= 0.6 is 0 Å². The average molecular weight is 300 g/mol. The van der Waals surface area contributed by atoms with Gasteiger partial charge in [-0.15, -0.1) is 0 Å². The molecule has 0 bridgehead atoms. The van der Waals surface area contributed by atoms with Gasteiger partial charge in [0.1, 0.15) is 0 Å². The first-order valence-electron chi connectivity index (χ1n) is 6.92. The summed E-state index contributed by atoms with van der Waals surface area (Å²) in [5.41, 5.74) is 3.69. The SMILES string of the molecule is CS(=O)(=O)c1cccc(-c2ccc3c(c2)CCCC3=O)c1. The number of hydrogen-bond donors (Lipinski definition) is 0. The molecule has 0 aliphatic heterocycles. The summed E-state index contributed by atoms with van der Waals surface area (Å²) in [6.07, 6.45) is 3.62. The first kappa shape index (κ1) is 14.0. The number of rotatable bonds is 2. The molecule has 0 atom stereocenters. The summed E-state index contributed by atoms with van der Waals surface area (Å²) in [6, 6.07) is 12.7. The highest BCUT2D eigenvalue weighted by molar-refractivity contribution is 7.90. The summed E-state index contributed by atoms with van der Waals surface area (Å²) in [6.45, 7) is 0. The lowest BCUT2D eigenvalue weighted by molar-refractivity contribution is 0.0972.